The van der Waals surface area contributed by atoms with Gasteiger partial charge in [-0.15, -0.1) is 11.8 Å². The van der Waals surface area contributed by atoms with Crippen LogP contribution in [0, 0.1) is 0 Å². The van der Waals surface area contributed by atoms with Gasteiger partial charge in [0.2, 0.25) is 5.91 Å². The maximum Gasteiger partial charge on any atom is 0.238 e. The van der Waals surface area contributed by atoms with E-state index in [0.717, 1.165) is 4.90 Å². The minimum absolute atomic E-state index is 0.0272. The fourth-order valence-corrected chi connectivity index (χ4v) is 3.43. The summed E-state index contributed by atoms with van der Waals surface area (Å²) in [5.74, 6) is -0.181. The lowest BCUT2D eigenvalue weighted by molar-refractivity contribution is -0.115. The average molecular weight is 318 g/mol. The largest absolute Gasteiger partial charge is 0.324 e. The van der Waals surface area contributed by atoms with Gasteiger partial charge in [-0.3, -0.25) is 9.59 Å². The fraction of sp³-hybridized carbons (Fsp3) is 0.125. The Labute approximate surface area is 131 Å². The smallest absolute Gasteiger partial charge is 0.238 e. The quantitative estimate of drug-likeness (QED) is 0.869. The summed E-state index contributed by atoms with van der Waals surface area (Å²) in [6.07, 6.45) is 0.183. The lowest BCUT2D eigenvalue weighted by atomic mass is 10.1. The van der Waals surface area contributed by atoms with Gasteiger partial charge in [0.1, 0.15) is 0 Å². The first-order chi connectivity index (χ1) is 10.1. The molecule has 21 heavy (non-hydrogen) atoms. The van der Waals surface area contributed by atoms with Crippen LogP contribution in [0.4, 0.5) is 5.69 Å². The van der Waals surface area contributed by atoms with Gasteiger partial charge in [0, 0.05) is 21.9 Å². The van der Waals surface area contributed by atoms with Crippen LogP contribution >= 0.6 is 23.4 Å². The van der Waals surface area contributed by atoms with Gasteiger partial charge in [0.05, 0.1) is 10.9 Å². The minimum Gasteiger partial charge on any atom is -0.324 e. The predicted octanol–water partition coefficient (Wildman–Crippen LogP) is 4.03. The molecule has 3 rings (SSSR count). The van der Waals surface area contributed by atoms with Crippen LogP contribution in [-0.2, 0) is 4.79 Å². The van der Waals surface area contributed by atoms with E-state index in [1.165, 1.54) is 11.8 Å². The van der Waals surface area contributed by atoms with E-state index in [9.17, 15) is 9.59 Å². The zero-order valence-corrected chi connectivity index (χ0v) is 12.6. The van der Waals surface area contributed by atoms with E-state index < -0.39 is 5.25 Å². The van der Waals surface area contributed by atoms with Gasteiger partial charge in [0.15, 0.2) is 5.78 Å². The highest BCUT2D eigenvalue weighted by molar-refractivity contribution is 8.01. The van der Waals surface area contributed by atoms with Crippen molar-refractivity contribution in [3.63, 3.8) is 0 Å². The van der Waals surface area contributed by atoms with E-state index in [4.69, 9.17) is 11.6 Å². The standard InChI is InChI=1S/C16H12ClNO2S/c17-11-6-7-14-12(8-11)18-16(20)15(21-14)9-13(19)10-4-2-1-3-5-10/h1-8,15H,9H2,(H,18,20). The number of Topliss-reactive ketones (excluding diaryl/α,β-unsaturated/α-hetero) is 1. The molecule has 0 aromatic heterocycles. The van der Waals surface area contributed by atoms with E-state index in [-0.39, 0.29) is 18.1 Å². The third-order valence-corrected chi connectivity index (χ3v) is 4.74. The van der Waals surface area contributed by atoms with Crippen LogP contribution in [0.25, 0.3) is 0 Å². The summed E-state index contributed by atoms with van der Waals surface area (Å²) >= 11 is 7.32. The highest BCUT2D eigenvalue weighted by Crippen LogP contribution is 2.38. The van der Waals surface area contributed by atoms with Gasteiger partial charge in [-0.2, -0.15) is 0 Å². The minimum atomic E-state index is -0.411. The van der Waals surface area contributed by atoms with Gasteiger partial charge in [0.25, 0.3) is 0 Å². The second-order valence-corrected chi connectivity index (χ2v) is 6.41. The Hall–Kier alpha value is -1.78. The first-order valence-electron chi connectivity index (χ1n) is 6.49. The highest BCUT2D eigenvalue weighted by Gasteiger charge is 2.29. The normalized spacial score (nSPS) is 17.0. The van der Waals surface area contributed by atoms with Crippen LogP contribution in [0.3, 0.4) is 0 Å². The molecule has 1 amide bonds. The zero-order chi connectivity index (χ0) is 14.8. The van der Waals surface area contributed by atoms with Gasteiger partial charge in [-0.1, -0.05) is 41.9 Å². The molecular weight excluding hydrogens is 306 g/mol. The monoisotopic (exact) mass is 317 g/mol. The second kappa shape index (κ2) is 5.92. The van der Waals surface area contributed by atoms with E-state index in [0.29, 0.717) is 16.3 Å². The topological polar surface area (TPSA) is 46.2 Å². The Morgan fingerprint density at radius 2 is 1.95 bits per heavy atom. The molecule has 1 unspecified atom stereocenters. The summed E-state index contributed by atoms with van der Waals surface area (Å²) in [5.41, 5.74) is 1.34. The Balaban J connectivity index is 1.77. The molecule has 1 atom stereocenters. The summed E-state index contributed by atoms with van der Waals surface area (Å²) in [4.78, 5) is 25.3. The maximum absolute atomic E-state index is 12.2. The molecule has 0 radical (unpaired) electrons. The number of nitrogens with one attached hydrogen (secondary N) is 1. The fourth-order valence-electron chi connectivity index (χ4n) is 2.17. The molecule has 106 valence electrons. The van der Waals surface area contributed by atoms with Crippen LogP contribution < -0.4 is 5.32 Å². The molecule has 1 heterocycles. The third-order valence-electron chi connectivity index (χ3n) is 3.23. The molecule has 1 N–H and O–H groups in total. The van der Waals surface area contributed by atoms with Crippen molar-refractivity contribution < 1.29 is 9.59 Å². The number of thioether (sulfide) groups is 1. The van der Waals surface area contributed by atoms with Crippen LogP contribution in [0.1, 0.15) is 16.8 Å². The first-order valence-corrected chi connectivity index (χ1v) is 7.74. The number of rotatable bonds is 3. The molecule has 0 fully saturated rings. The van der Waals surface area contributed by atoms with Crippen molar-refractivity contribution in [1.82, 2.24) is 0 Å². The van der Waals surface area contributed by atoms with E-state index in [1.807, 2.05) is 24.3 Å². The predicted molar refractivity (Wildman–Crippen MR) is 85.1 cm³/mol. The molecule has 3 nitrogen and oxygen atoms in total. The molecule has 5 heteroatoms. The van der Waals surface area contributed by atoms with Gasteiger partial charge < -0.3 is 5.32 Å². The molecule has 0 saturated heterocycles. The highest BCUT2D eigenvalue weighted by atomic mass is 35.5. The first kappa shape index (κ1) is 14.2. The number of hydrogen-bond acceptors (Lipinski definition) is 3. The van der Waals surface area contributed by atoms with Crippen molar-refractivity contribution >= 4 is 40.7 Å². The van der Waals surface area contributed by atoms with Crippen molar-refractivity contribution in [3.8, 4) is 0 Å². The van der Waals surface area contributed by atoms with Crippen LogP contribution in [-0.4, -0.2) is 16.9 Å². The van der Waals surface area contributed by atoms with Crippen molar-refractivity contribution in [1.29, 1.82) is 0 Å². The lowest BCUT2D eigenvalue weighted by Gasteiger charge is -2.23. The molecular formula is C16H12ClNO2S. The molecule has 1 aliphatic rings. The van der Waals surface area contributed by atoms with Crippen molar-refractivity contribution in [2.75, 3.05) is 5.32 Å². The summed E-state index contributed by atoms with van der Waals surface area (Å²) in [6.45, 7) is 0. The Morgan fingerprint density at radius 3 is 2.71 bits per heavy atom. The summed E-state index contributed by atoms with van der Waals surface area (Å²) in [7, 11) is 0. The summed E-state index contributed by atoms with van der Waals surface area (Å²) < 4.78 is 0. The van der Waals surface area contributed by atoms with Crippen LogP contribution in [0.5, 0.6) is 0 Å². The molecule has 0 bridgehead atoms. The molecule has 0 saturated carbocycles. The van der Waals surface area contributed by atoms with E-state index in [2.05, 4.69) is 5.32 Å². The van der Waals surface area contributed by atoms with E-state index in [1.54, 1.807) is 24.3 Å². The molecule has 2 aromatic rings. The zero-order valence-electron chi connectivity index (χ0n) is 11.0. The molecule has 0 spiro atoms. The Kier molecular flexibility index (Phi) is 3.99. The van der Waals surface area contributed by atoms with Gasteiger partial charge >= 0.3 is 0 Å². The lowest BCUT2D eigenvalue weighted by Crippen LogP contribution is -2.30. The Morgan fingerprint density at radius 1 is 1.19 bits per heavy atom. The second-order valence-electron chi connectivity index (χ2n) is 4.73. The van der Waals surface area contributed by atoms with Crippen molar-refractivity contribution in [2.45, 2.75) is 16.6 Å². The summed E-state index contributed by atoms with van der Waals surface area (Å²) in [5, 5.41) is 2.98. The number of hydrogen-bond donors (Lipinski definition) is 1. The van der Waals surface area contributed by atoms with Crippen LogP contribution in [0.2, 0.25) is 5.02 Å². The van der Waals surface area contributed by atoms with Crippen molar-refractivity contribution in [3.05, 3.63) is 59.1 Å². The van der Waals surface area contributed by atoms with E-state index >= 15 is 0 Å². The number of halogens is 1. The van der Waals surface area contributed by atoms with Gasteiger partial charge in [-0.25, -0.2) is 0 Å². The SMILES string of the molecule is O=C(CC1Sc2ccc(Cl)cc2NC1=O)c1ccccc1. The van der Waals surface area contributed by atoms with Gasteiger partial charge in [-0.05, 0) is 18.2 Å². The number of carbonyl (C=O) groups excluding carboxylic acids is 2. The summed E-state index contributed by atoms with van der Waals surface area (Å²) in [6, 6.07) is 14.4. The van der Waals surface area contributed by atoms with Crippen LogP contribution in [0.15, 0.2) is 53.4 Å². The number of benzene rings is 2. The number of carbonyl (C=O) groups is 2. The Bertz CT molecular complexity index is 703. The third kappa shape index (κ3) is 3.12. The number of anilines is 1. The average Bonchev–Trinajstić information content (AvgIpc) is 2.49. The van der Waals surface area contributed by atoms with Crippen molar-refractivity contribution in [2.24, 2.45) is 0 Å². The molecule has 2 aromatic carbocycles. The number of fused-ring (bicyclic) bond motifs is 1. The number of amides is 1. The number of ketones is 1. The molecule has 1 aliphatic heterocycles. The maximum atomic E-state index is 12.2. The molecule has 0 aliphatic carbocycles.